The standard InChI is InChI=1S/C12H17NO/c1-12(2)8-13(9-12)10-4-6-11(14-3)7-5-10/h4-7H,8-9H2,1-3H3. The van der Waals surface area contributed by atoms with Crippen molar-refractivity contribution in [3.05, 3.63) is 24.3 Å². The molecule has 1 fully saturated rings. The molecule has 0 radical (unpaired) electrons. The van der Waals surface area contributed by atoms with Crippen LogP contribution in [0.5, 0.6) is 5.75 Å². The van der Waals surface area contributed by atoms with Crippen LogP contribution in [-0.4, -0.2) is 20.2 Å². The van der Waals surface area contributed by atoms with Crippen LogP contribution in [0.4, 0.5) is 5.69 Å². The second kappa shape index (κ2) is 3.19. The van der Waals surface area contributed by atoms with E-state index in [1.807, 2.05) is 12.1 Å². The van der Waals surface area contributed by atoms with Gasteiger partial charge < -0.3 is 9.64 Å². The predicted molar refractivity (Wildman–Crippen MR) is 59.0 cm³/mol. The molecule has 1 heterocycles. The molecule has 1 aliphatic rings. The van der Waals surface area contributed by atoms with Crippen LogP contribution in [0.3, 0.4) is 0 Å². The van der Waals surface area contributed by atoms with Gasteiger partial charge in [0.15, 0.2) is 0 Å². The Morgan fingerprint density at radius 2 is 1.71 bits per heavy atom. The smallest absolute Gasteiger partial charge is 0.119 e. The maximum atomic E-state index is 5.12. The van der Waals surface area contributed by atoms with Gasteiger partial charge >= 0.3 is 0 Å². The molecule has 0 aromatic heterocycles. The molecule has 0 N–H and O–H groups in total. The second-order valence-corrected chi connectivity index (χ2v) is 4.72. The minimum Gasteiger partial charge on any atom is -0.497 e. The van der Waals surface area contributed by atoms with E-state index in [2.05, 4.69) is 30.9 Å². The Bertz CT molecular complexity index is 308. The van der Waals surface area contributed by atoms with Crippen LogP contribution >= 0.6 is 0 Å². The molecule has 76 valence electrons. The van der Waals surface area contributed by atoms with E-state index in [0.717, 1.165) is 18.8 Å². The fourth-order valence-corrected chi connectivity index (χ4v) is 1.96. The number of rotatable bonds is 2. The average Bonchev–Trinajstić information content (AvgIpc) is 2.14. The molecule has 2 nitrogen and oxygen atoms in total. The van der Waals surface area contributed by atoms with Gasteiger partial charge in [-0.05, 0) is 29.7 Å². The molecule has 1 saturated heterocycles. The minimum atomic E-state index is 0.486. The highest BCUT2D eigenvalue weighted by molar-refractivity contribution is 5.51. The molecular weight excluding hydrogens is 174 g/mol. The Hall–Kier alpha value is -1.18. The third-order valence-electron chi connectivity index (χ3n) is 2.68. The first kappa shape index (κ1) is 9.38. The summed E-state index contributed by atoms with van der Waals surface area (Å²) in [5.41, 5.74) is 1.78. The first-order valence-electron chi connectivity index (χ1n) is 5.00. The minimum absolute atomic E-state index is 0.486. The van der Waals surface area contributed by atoms with Crippen LogP contribution in [0.2, 0.25) is 0 Å². The van der Waals surface area contributed by atoms with Crippen molar-refractivity contribution in [2.45, 2.75) is 13.8 Å². The maximum Gasteiger partial charge on any atom is 0.119 e. The van der Waals surface area contributed by atoms with E-state index >= 15 is 0 Å². The summed E-state index contributed by atoms with van der Waals surface area (Å²) >= 11 is 0. The number of hydrogen-bond acceptors (Lipinski definition) is 2. The van der Waals surface area contributed by atoms with Crippen molar-refractivity contribution in [1.29, 1.82) is 0 Å². The average molecular weight is 191 g/mol. The highest BCUT2D eigenvalue weighted by Gasteiger charge is 2.33. The molecule has 0 saturated carbocycles. The van der Waals surface area contributed by atoms with Gasteiger partial charge in [0.2, 0.25) is 0 Å². The first-order chi connectivity index (χ1) is 6.61. The van der Waals surface area contributed by atoms with Crippen LogP contribution in [0, 0.1) is 5.41 Å². The molecule has 0 aliphatic carbocycles. The third-order valence-corrected chi connectivity index (χ3v) is 2.68. The molecule has 2 rings (SSSR count). The molecule has 0 unspecified atom stereocenters. The lowest BCUT2D eigenvalue weighted by Crippen LogP contribution is -2.53. The Morgan fingerprint density at radius 3 is 2.14 bits per heavy atom. The Morgan fingerprint density at radius 1 is 1.14 bits per heavy atom. The van der Waals surface area contributed by atoms with Crippen molar-refractivity contribution in [3.8, 4) is 5.75 Å². The zero-order valence-corrected chi connectivity index (χ0v) is 9.08. The molecule has 0 bridgehead atoms. The molecule has 1 aromatic rings. The summed E-state index contributed by atoms with van der Waals surface area (Å²) in [6, 6.07) is 8.27. The molecule has 2 heteroatoms. The number of hydrogen-bond donors (Lipinski definition) is 0. The predicted octanol–water partition coefficient (Wildman–Crippen LogP) is 2.54. The summed E-state index contributed by atoms with van der Waals surface area (Å²) in [5.74, 6) is 0.925. The summed E-state index contributed by atoms with van der Waals surface area (Å²) in [6.07, 6.45) is 0. The van der Waals surface area contributed by atoms with Crippen LogP contribution in [0.1, 0.15) is 13.8 Å². The van der Waals surface area contributed by atoms with Crippen molar-refractivity contribution in [1.82, 2.24) is 0 Å². The summed E-state index contributed by atoms with van der Waals surface area (Å²) in [7, 11) is 1.70. The quantitative estimate of drug-likeness (QED) is 0.712. The number of nitrogens with zero attached hydrogens (tertiary/aromatic N) is 1. The molecular formula is C12H17NO. The summed E-state index contributed by atoms with van der Waals surface area (Å²) < 4.78 is 5.12. The van der Waals surface area contributed by atoms with Crippen molar-refractivity contribution >= 4 is 5.69 Å². The highest BCUT2D eigenvalue weighted by atomic mass is 16.5. The van der Waals surface area contributed by atoms with Gasteiger partial charge in [-0.2, -0.15) is 0 Å². The lowest BCUT2D eigenvalue weighted by molar-refractivity contribution is 0.276. The zero-order chi connectivity index (χ0) is 10.2. The Kier molecular flexibility index (Phi) is 2.14. The molecule has 1 aliphatic heterocycles. The van der Waals surface area contributed by atoms with Gasteiger partial charge in [-0.1, -0.05) is 13.8 Å². The van der Waals surface area contributed by atoms with Gasteiger partial charge in [-0.15, -0.1) is 0 Å². The van der Waals surface area contributed by atoms with Crippen molar-refractivity contribution in [2.75, 3.05) is 25.1 Å². The largest absolute Gasteiger partial charge is 0.497 e. The SMILES string of the molecule is COc1ccc(N2CC(C)(C)C2)cc1. The lowest BCUT2D eigenvalue weighted by Gasteiger charge is -2.47. The fourth-order valence-electron chi connectivity index (χ4n) is 1.96. The Labute approximate surface area is 85.5 Å². The number of benzene rings is 1. The van der Waals surface area contributed by atoms with Crippen molar-refractivity contribution in [3.63, 3.8) is 0 Å². The van der Waals surface area contributed by atoms with Gasteiger partial charge in [0.25, 0.3) is 0 Å². The van der Waals surface area contributed by atoms with E-state index in [4.69, 9.17) is 4.74 Å². The van der Waals surface area contributed by atoms with Gasteiger partial charge in [0.05, 0.1) is 7.11 Å². The van der Waals surface area contributed by atoms with Crippen LogP contribution in [0.25, 0.3) is 0 Å². The zero-order valence-electron chi connectivity index (χ0n) is 9.08. The van der Waals surface area contributed by atoms with E-state index in [9.17, 15) is 0 Å². The van der Waals surface area contributed by atoms with E-state index in [1.165, 1.54) is 5.69 Å². The second-order valence-electron chi connectivity index (χ2n) is 4.72. The van der Waals surface area contributed by atoms with Gasteiger partial charge in [0.1, 0.15) is 5.75 Å². The summed E-state index contributed by atoms with van der Waals surface area (Å²) in [4.78, 5) is 2.39. The molecule has 14 heavy (non-hydrogen) atoms. The van der Waals surface area contributed by atoms with Gasteiger partial charge in [-0.3, -0.25) is 0 Å². The highest BCUT2D eigenvalue weighted by Crippen LogP contribution is 2.33. The monoisotopic (exact) mass is 191 g/mol. The van der Waals surface area contributed by atoms with Gasteiger partial charge in [-0.25, -0.2) is 0 Å². The lowest BCUT2D eigenvalue weighted by atomic mass is 9.84. The summed E-state index contributed by atoms with van der Waals surface area (Å²) in [5, 5.41) is 0. The molecule has 0 atom stereocenters. The fraction of sp³-hybridized carbons (Fsp3) is 0.500. The topological polar surface area (TPSA) is 12.5 Å². The van der Waals surface area contributed by atoms with Crippen LogP contribution < -0.4 is 9.64 Å². The third kappa shape index (κ3) is 1.69. The number of anilines is 1. The summed E-state index contributed by atoms with van der Waals surface area (Å²) in [6.45, 7) is 6.90. The molecule has 0 spiro atoms. The Balaban J connectivity index is 2.05. The van der Waals surface area contributed by atoms with Crippen LogP contribution in [-0.2, 0) is 0 Å². The first-order valence-corrected chi connectivity index (χ1v) is 5.00. The van der Waals surface area contributed by atoms with E-state index in [1.54, 1.807) is 7.11 Å². The molecule has 0 amide bonds. The normalized spacial score (nSPS) is 18.9. The van der Waals surface area contributed by atoms with Crippen molar-refractivity contribution in [2.24, 2.45) is 5.41 Å². The maximum absolute atomic E-state index is 5.12. The van der Waals surface area contributed by atoms with Crippen LogP contribution in [0.15, 0.2) is 24.3 Å². The van der Waals surface area contributed by atoms with Gasteiger partial charge in [0, 0.05) is 18.8 Å². The number of methoxy groups -OCH3 is 1. The molecule has 1 aromatic carbocycles. The van der Waals surface area contributed by atoms with Crippen molar-refractivity contribution < 1.29 is 4.74 Å². The number of ether oxygens (including phenoxy) is 1. The van der Waals surface area contributed by atoms with E-state index in [0.29, 0.717) is 5.41 Å². The van der Waals surface area contributed by atoms with E-state index < -0.39 is 0 Å². The van der Waals surface area contributed by atoms with E-state index in [-0.39, 0.29) is 0 Å².